The monoisotopic (exact) mass is 314 g/mol. The van der Waals surface area contributed by atoms with Gasteiger partial charge in [0.15, 0.2) is 5.78 Å². The first-order chi connectivity index (χ1) is 8.06. The van der Waals surface area contributed by atoms with Crippen molar-refractivity contribution >= 4 is 33.3 Å². The van der Waals surface area contributed by atoms with E-state index in [1.165, 1.54) is 0 Å². The molecule has 0 amide bonds. The first-order valence-electron chi connectivity index (χ1n) is 6.06. The van der Waals surface area contributed by atoms with Crippen LogP contribution in [-0.4, -0.2) is 5.78 Å². The van der Waals surface area contributed by atoms with Crippen LogP contribution in [0.1, 0.15) is 43.0 Å². The lowest BCUT2D eigenvalue weighted by Crippen LogP contribution is -2.20. The van der Waals surface area contributed by atoms with E-state index in [0.717, 1.165) is 41.6 Å². The molecule has 0 heterocycles. The molecule has 1 fully saturated rings. The molecular weight excluding hydrogens is 300 g/mol. The summed E-state index contributed by atoms with van der Waals surface area (Å²) in [7, 11) is 0. The van der Waals surface area contributed by atoms with Crippen molar-refractivity contribution in [1.29, 1.82) is 0 Å². The van der Waals surface area contributed by atoms with Gasteiger partial charge in [-0.3, -0.25) is 4.79 Å². The maximum absolute atomic E-state index is 12.3. The molecule has 1 aliphatic rings. The molecule has 0 aliphatic heterocycles. The molecule has 1 aromatic rings. The lowest BCUT2D eigenvalue weighted by Gasteiger charge is -2.25. The molecule has 2 rings (SSSR count). The van der Waals surface area contributed by atoms with Gasteiger partial charge >= 0.3 is 0 Å². The Morgan fingerprint density at radius 2 is 1.88 bits per heavy atom. The number of Topliss-reactive ketones (excluding diaryl/α,β-unsaturated/α-hetero) is 1. The Kier molecular flexibility index (Phi) is 4.26. The second kappa shape index (κ2) is 5.53. The summed E-state index contributed by atoms with van der Waals surface area (Å²) in [6.07, 6.45) is 4.37. The molecule has 3 heteroatoms. The zero-order valence-corrected chi connectivity index (χ0v) is 12.2. The number of halogens is 2. The zero-order chi connectivity index (χ0) is 12.4. The van der Waals surface area contributed by atoms with Crippen LogP contribution in [0.2, 0.25) is 5.02 Å². The Labute approximate surface area is 116 Å². The van der Waals surface area contributed by atoms with E-state index in [-0.39, 0.29) is 11.7 Å². The molecule has 0 unspecified atom stereocenters. The molecule has 92 valence electrons. The van der Waals surface area contributed by atoms with E-state index in [1.807, 2.05) is 6.07 Å². The summed E-state index contributed by atoms with van der Waals surface area (Å²) in [5.74, 6) is 1.21. The van der Waals surface area contributed by atoms with Crippen molar-refractivity contribution in [2.24, 2.45) is 11.8 Å². The van der Waals surface area contributed by atoms with Crippen molar-refractivity contribution in [2.45, 2.75) is 32.6 Å². The van der Waals surface area contributed by atoms with Gasteiger partial charge in [-0.1, -0.05) is 47.3 Å². The van der Waals surface area contributed by atoms with Gasteiger partial charge in [-0.15, -0.1) is 0 Å². The van der Waals surface area contributed by atoms with Crippen LogP contribution in [0.25, 0.3) is 0 Å². The fourth-order valence-electron chi connectivity index (χ4n) is 2.45. The second-order valence-corrected chi connectivity index (χ2v) is 6.33. The number of hydrogen-bond donors (Lipinski definition) is 0. The lowest BCUT2D eigenvalue weighted by molar-refractivity contribution is 0.0875. The summed E-state index contributed by atoms with van der Waals surface area (Å²) in [4.78, 5) is 12.3. The summed E-state index contributed by atoms with van der Waals surface area (Å²) in [6.45, 7) is 2.26. The highest BCUT2D eigenvalue weighted by molar-refractivity contribution is 9.10. The fourth-order valence-corrected chi connectivity index (χ4v) is 3.31. The predicted octanol–water partition coefficient (Wildman–Crippen LogP) is 5.11. The van der Waals surface area contributed by atoms with Gasteiger partial charge in [0.25, 0.3) is 0 Å². The Balaban J connectivity index is 2.14. The van der Waals surface area contributed by atoms with E-state index in [1.54, 1.807) is 12.1 Å². The normalized spacial score (nSPS) is 24.6. The molecule has 1 nitrogen and oxygen atoms in total. The minimum Gasteiger partial charge on any atom is -0.294 e. The first kappa shape index (κ1) is 13.1. The van der Waals surface area contributed by atoms with E-state index in [2.05, 4.69) is 22.9 Å². The summed E-state index contributed by atoms with van der Waals surface area (Å²) in [5, 5.41) is 0.618. The standard InChI is InChI=1S/C14H16BrClO/c1-9-2-4-10(5-3-9)14(17)11-6-12(15)8-13(16)7-11/h6-10H,2-5H2,1H3. The Hall–Kier alpha value is -0.340. The second-order valence-electron chi connectivity index (χ2n) is 4.98. The largest absolute Gasteiger partial charge is 0.294 e. The van der Waals surface area contributed by atoms with Gasteiger partial charge in [-0.25, -0.2) is 0 Å². The van der Waals surface area contributed by atoms with Crippen LogP contribution in [0.3, 0.4) is 0 Å². The highest BCUT2D eigenvalue weighted by Crippen LogP contribution is 2.31. The van der Waals surface area contributed by atoms with Gasteiger partial charge in [-0.2, -0.15) is 0 Å². The summed E-state index contributed by atoms with van der Waals surface area (Å²) >= 11 is 9.35. The molecule has 1 saturated carbocycles. The molecule has 0 aromatic heterocycles. The topological polar surface area (TPSA) is 17.1 Å². The molecule has 0 radical (unpaired) electrons. The van der Waals surface area contributed by atoms with E-state index in [4.69, 9.17) is 11.6 Å². The first-order valence-corrected chi connectivity index (χ1v) is 7.23. The number of carbonyl (C=O) groups is 1. The summed E-state index contributed by atoms with van der Waals surface area (Å²) < 4.78 is 0.873. The fraction of sp³-hybridized carbons (Fsp3) is 0.500. The minimum absolute atomic E-state index is 0.191. The smallest absolute Gasteiger partial charge is 0.166 e. The molecule has 0 spiro atoms. The van der Waals surface area contributed by atoms with Crippen LogP contribution < -0.4 is 0 Å². The third-order valence-corrected chi connectivity index (χ3v) is 4.21. The average Bonchev–Trinajstić information content (AvgIpc) is 2.28. The van der Waals surface area contributed by atoms with Gasteiger partial charge in [0.1, 0.15) is 0 Å². The van der Waals surface area contributed by atoms with E-state index in [9.17, 15) is 4.79 Å². The number of carbonyl (C=O) groups excluding carboxylic acids is 1. The van der Waals surface area contributed by atoms with E-state index >= 15 is 0 Å². The zero-order valence-electron chi connectivity index (χ0n) is 9.88. The van der Waals surface area contributed by atoms with Gasteiger partial charge in [0.2, 0.25) is 0 Å². The van der Waals surface area contributed by atoms with Gasteiger partial charge in [0.05, 0.1) is 0 Å². The Bertz CT molecular complexity index is 402. The average molecular weight is 316 g/mol. The van der Waals surface area contributed by atoms with Gasteiger partial charge in [-0.05, 0) is 37.0 Å². The molecule has 17 heavy (non-hydrogen) atoms. The SMILES string of the molecule is CC1CCC(C(=O)c2cc(Cl)cc(Br)c2)CC1. The van der Waals surface area contributed by atoms with Crippen molar-refractivity contribution in [2.75, 3.05) is 0 Å². The van der Waals surface area contributed by atoms with Crippen LogP contribution in [0, 0.1) is 11.8 Å². The molecule has 1 aromatic carbocycles. The van der Waals surface area contributed by atoms with Gasteiger partial charge in [0, 0.05) is 21.0 Å². The van der Waals surface area contributed by atoms with Crippen LogP contribution >= 0.6 is 27.5 Å². The molecule has 1 aliphatic carbocycles. The van der Waals surface area contributed by atoms with Crippen LogP contribution in [0.15, 0.2) is 22.7 Å². The van der Waals surface area contributed by atoms with Crippen molar-refractivity contribution in [3.05, 3.63) is 33.3 Å². The quantitative estimate of drug-likeness (QED) is 0.693. The third kappa shape index (κ3) is 3.32. The van der Waals surface area contributed by atoms with E-state index in [0.29, 0.717) is 5.02 Å². The van der Waals surface area contributed by atoms with Gasteiger partial charge < -0.3 is 0 Å². The van der Waals surface area contributed by atoms with Crippen molar-refractivity contribution in [3.63, 3.8) is 0 Å². The molecular formula is C14H16BrClO. The maximum Gasteiger partial charge on any atom is 0.166 e. The highest BCUT2D eigenvalue weighted by atomic mass is 79.9. The predicted molar refractivity (Wildman–Crippen MR) is 74.6 cm³/mol. The number of ketones is 1. The van der Waals surface area contributed by atoms with Crippen molar-refractivity contribution in [3.8, 4) is 0 Å². The lowest BCUT2D eigenvalue weighted by atomic mass is 9.79. The van der Waals surface area contributed by atoms with Crippen molar-refractivity contribution in [1.82, 2.24) is 0 Å². The number of benzene rings is 1. The maximum atomic E-state index is 12.3. The molecule has 0 saturated heterocycles. The number of rotatable bonds is 2. The van der Waals surface area contributed by atoms with E-state index < -0.39 is 0 Å². The summed E-state index contributed by atoms with van der Waals surface area (Å²) in [6, 6.07) is 5.44. The number of hydrogen-bond acceptors (Lipinski definition) is 1. The van der Waals surface area contributed by atoms with Crippen LogP contribution in [0.4, 0.5) is 0 Å². The molecule has 0 atom stereocenters. The molecule has 0 N–H and O–H groups in total. The molecule has 0 bridgehead atoms. The Morgan fingerprint density at radius 1 is 1.24 bits per heavy atom. The Morgan fingerprint density at radius 3 is 2.47 bits per heavy atom. The third-order valence-electron chi connectivity index (χ3n) is 3.53. The van der Waals surface area contributed by atoms with Crippen molar-refractivity contribution < 1.29 is 4.79 Å². The van der Waals surface area contributed by atoms with Crippen LogP contribution in [-0.2, 0) is 0 Å². The van der Waals surface area contributed by atoms with Crippen LogP contribution in [0.5, 0.6) is 0 Å². The summed E-state index contributed by atoms with van der Waals surface area (Å²) in [5.41, 5.74) is 0.740. The minimum atomic E-state index is 0.191. The highest BCUT2D eigenvalue weighted by Gasteiger charge is 2.25.